The number of nitrogens with one attached hydrogen (secondary N) is 1. The van der Waals surface area contributed by atoms with Crippen LogP contribution in [0.1, 0.15) is 52.9 Å². The Kier molecular flexibility index (Phi) is 8.52. The fourth-order valence-electron chi connectivity index (χ4n) is 3.46. The Labute approximate surface area is 163 Å². The number of amides is 1. The van der Waals surface area contributed by atoms with Crippen LogP contribution in [0.5, 0.6) is 0 Å². The lowest BCUT2D eigenvalue weighted by molar-refractivity contribution is -0.121. The third-order valence-electron chi connectivity index (χ3n) is 4.75. The summed E-state index contributed by atoms with van der Waals surface area (Å²) < 4.78 is 1.80. The van der Waals surface area contributed by atoms with Gasteiger partial charge in [0.25, 0.3) is 0 Å². The van der Waals surface area contributed by atoms with Crippen LogP contribution in [0.2, 0.25) is 0 Å². The zero-order valence-corrected chi connectivity index (χ0v) is 16.9. The molecule has 0 unspecified atom stereocenters. The lowest BCUT2D eigenvalue weighted by Crippen LogP contribution is -2.28. The molecule has 27 heavy (non-hydrogen) atoms. The Morgan fingerprint density at radius 1 is 1.26 bits per heavy atom. The highest BCUT2D eigenvalue weighted by atomic mass is 16.2. The molecule has 5 heteroatoms. The standard InChI is InChI=1S/C19H26N4O.C3H8/c1-14-6-5-9-16(12-14)19(24)21-18-13-17(22-23(18)11-10-20)15-7-3-2-4-8-15;1-3-2/h2-4,7-8,13-14,16H,5-6,9-12,20H2,1H3,(H,21,24);3H2,1-2H3/t14-,16+;/m1./s1. The molecular weight excluding hydrogens is 336 g/mol. The summed E-state index contributed by atoms with van der Waals surface area (Å²) in [6, 6.07) is 11.9. The molecule has 1 saturated carbocycles. The maximum absolute atomic E-state index is 12.6. The van der Waals surface area contributed by atoms with E-state index in [0.717, 1.165) is 36.3 Å². The van der Waals surface area contributed by atoms with E-state index in [1.807, 2.05) is 36.4 Å². The van der Waals surface area contributed by atoms with Crippen LogP contribution in [0.3, 0.4) is 0 Å². The van der Waals surface area contributed by atoms with Crippen molar-refractivity contribution in [1.82, 2.24) is 9.78 Å². The summed E-state index contributed by atoms with van der Waals surface area (Å²) in [7, 11) is 0. The first kappa shape index (κ1) is 21.2. The molecule has 0 spiro atoms. The molecule has 0 radical (unpaired) electrons. The summed E-state index contributed by atoms with van der Waals surface area (Å²) in [4.78, 5) is 12.6. The molecule has 5 nitrogen and oxygen atoms in total. The van der Waals surface area contributed by atoms with Gasteiger partial charge in [-0.05, 0) is 18.8 Å². The predicted octanol–water partition coefficient (Wildman–Crippen LogP) is 4.69. The summed E-state index contributed by atoms with van der Waals surface area (Å²) in [5.74, 6) is 1.58. The van der Waals surface area contributed by atoms with Crippen molar-refractivity contribution in [2.75, 3.05) is 11.9 Å². The van der Waals surface area contributed by atoms with Crippen LogP contribution in [-0.4, -0.2) is 22.2 Å². The maximum Gasteiger partial charge on any atom is 0.228 e. The number of carbonyl (C=O) groups excluding carboxylic acids is 1. The van der Waals surface area contributed by atoms with Crippen LogP contribution in [0.4, 0.5) is 5.82 Å². The van der Waals surface area contributed by atoms with E-state index in [-0.39, 0.29) is 11.8 Å². The molecule has 3 N–H and O–H groups in total. The second-order valence-electron chi connectivity index (χ2n) is 7.46. The molecule has 3 rings (SSSR count). The number of hydrogen-bond donors (Lipinski definition) is 2. The van der Waals surface area contributed by atoms with Crippen LogP contribution in [0.25, 0.3) is 11.3 Å². The van der Waals surface area contributed by atoms with Gasteiger partial charge in [0, 0.05) is 24.1 Å². The van der Waals surface area contributed by atoms with Crippen molar-refractivity contribution >= 4 is 11.7 Å². The van der Waals surface area contributed by atoms with E-state index in [1.165, 1.54) is 12.8 Å². The normalized spacial score (nSPS) is 19.1. The summed E-state index contributed by atoms with van der Waals surface area (Å²) >= 11 is 0. The van der Waals surface area contributed by atoms with E-state index in [0.29, 0.717) is 19.0 Å². The molecule has 0 bridgehead atoms. The number of nitrogens with two attached hydrogens (primary N) is 1. The molecule has 1 aliphatic rings. The van der Waals surface area contributed by atoms with Gasteiger partial charge in [-0.3, -0.25) is 4.79 Å². The monoisotopic (exact) mass is 370 g/mol. The summed E-state index contributed by atoms with van der Waals surface area (Å²) in [5, 5.41) is 7.69. The van der Waals surface area contributed by atoms with E-state index < -0.39 is 0 Å². The van der Waals surface area contributed by atoms with Crippen LogP contribution in [-0.2, 0) is 11.3 Å². The SMILES string of the molecule is CCC.C[C@@H]1CCC[C@H](C(=O)Nc2cc(-c3ccccc3)nn2CCN)C1. The molecule has 1 amide bonds. The molecule has 2 atom stereocenters. The quantitative estimate of drug-likeness (QED) is 0.802. The molecular formula is C22H34N4O. The van der Waals surface area contributed by atoms with Crippen molar-refractivity contribution in [2.24, 2.45) is 17.6 Å². The number of rotatable bonds is 5. The lowest BCUT2D eigenvalue weighted by atomic mass is 9.82. The van der Waals surface area contributed by atoms with E-state index in [4.69, 9.17) is 5.73 Å². The molecule has 148 valence electrons. The number of benzene rings is 1. The fraction of sp³-hybridized carbons (Fsp3) is 0.545. The summed E-state index contributed by atoms with van der Waals surface area (Å²) in [6.45, 7) is 7.55. The maximum atomic E-state index is 12.6. The molecule has 1 aromatic carbocycles. The van der Waals surface area contributed by atoms with Crippen molar-refractivity contribution in [3.05, 3.63) is 36.4 Å². The second kappa shape index (κ2) is 10.9. The van der Waals surface area contributed by atoms with Crippen molar-refractivity contribution in [2.45, 2.75) is 59.4 Å². The van der Waals surface area contributed by atoms with Gasteiger partial charge in [0.05, 0.1) is 12.2 Å². The minimum Gasteiger partial charge on any atom is -0.329 e. The first-order valence-corrected chi connectivity index (χ1v) is 10.2. The number of aromatic nitrogens is 2. The summed E-state index contributed by atoms with van der Waals surface area (Å²) in [6.07, 6.45) is 5.57. The van der Waals surface area contributed by atoms with Crippen molar-refractivity contribution in [3.63, 3.8) is 0 Å². The van der Waals surface area contributed by atoms with Gasteiger partial charge in [-0.25, -0.2) is 4.68 Å². The van der Waals surface area contributed by atoms with Gasteiger partial charge in [-0.2, -0.15) is 5.10 Å². The average molecular weight is 371 g/mol. The number of hydrogen-bond acceptors (Lipinski definition) is 3. The Morgan fingerprint density at radius 2 is 1.96 bits per heavy atom. The highest BCUT2D eigenvalue weighted by Crippen LogP contribution is 2.30. The molecule has 1 aromatic heterocycles. The molecule has 0 saturated heterocycles. The Balaban J connectivity index is 0.000000817. The zero-order chi connectivity index (χ0) is 19.6. The van der Waals surface area contributed by atoms with Crippen LogP contribution in [0, 0.1) is 11.8 Å². The van der Waals surface area contributed by atoms with Gasteiger partial charge >= 0.3 is 0 Å². The minimum absolute atomic E-state index is 0.107. The van der Waals surface area contributed by atoms with Gasteiger partial charge in [-0.1, -0.05) is 70.4 Å². The fourth-order valence-corrected chi connectivity index (χ4v) is 3.46. The van der Waals surface area contributed by atoms with E-state index in [1.54, 1.807) is 4.68 Å². The van der Waals surface area contributed by atoms with Gasteiger partial charge in [-0.15, -0.1) is 0 Å². The number of carbonyl (C=O) groups is 1. The van der Waals surface area contributed by atoms with Gasteiger partial charge in [0.2, 0.25) is 5.91 Å². The lowest BCUT2D eigenvalue weighted by Gasteiger charge is -2.25. The Bertz CT molecular complexity index is 696. The minimum atomic E-state index is 0.107. The number of nitrogens with zero attached hydrogens (tertiary/aromatic N) is 2. The highest BCUT2D eigenvalue weighted by molar-refractivity contribution is 5.92. The van der Waals surface area contributed by atoms with E-state index >= 15 is 0 Å². The van der Waals surface area contributed by atoms with E-state index in [2.05, 4.69) is 31.2 Å². The third kappa shape index (κ3) is 6.21. The van der Waals surface area contributed by atoms with Crippen LogP contribution in [0.15, 0.2) is 36.4 Å². The van der Waals surface area contributed by atoms with Crippen molar-refractivity contribution in [1.29, 1.82) is 0 Å². The van der Waals surface area contributed by atoms with Crippen LogP contribution < -0.4 is 11.1 Å². The van der Waals surface area contributed by atoms with E-state index in [9.17, 15) is 4.79 Å². The number of anilines is 1. The highest BCUT2D eigenvalue weighted by Gasteiger charge is 2.26. The molecule has 2 aromatic rings. The first-order chi connectivity index (χ1) is 13.1. The second-order valence-corrected chi connectivity index (χ2v) is 7.46. The Morgan fingerprint density at radius 3 is 2.59 bits per heavy atom. The summed E-state index contributed by atoms with van der Waals surface area (Å²) in [5.41, 5.74) is 7.59. The molecule has 1 aliphatic carbocycles. The Hall–Kier alpha value is -2.14. The van der Waals surface area contributed by atoms with Gasteiger partial charge in [0.15, 0.2) is 0 Å². The zero-order valence-electron chi connectivity index (χ0n) is 16.9. The smallest absolute Gasteiger partial charge is 0.228 e. The van der Waals surface area contributed by atoms with Gasteiger partial charge in [0.1, 0.15) is 5.82 Å². The largest absolute Gasteiger partial charge is 0.329 e. The van der Waals surface area contributed by atoms with Crippen molar-refractivity contribution < 1.29 is 4.79 Å². The first-order valence-electron chi connectivity index (χ1n) is 10.2. The predicted molar refractivity (Wildman–Crippen MR) is 112 cm³/mol. The molecule has 0 aliphatic heterocycles. The third-order valence-corrected chi connectivity index (χ3v) is 4.75. The molecule has 1 fully saturated rings. The average Bonchev–Trinajstić information content (AvgIpc) is 3.06. The topological polar surface area (TPSA) is 72.9 Å². The van der Waals surface area contributed by atoms with Crippen LogP contribution >= 0.6 is 0 Å². The molecule has 1 heterocycles. The van der Waals surface area contributed by atoms with Gasteiger partial charge < -0.3 is 11.1 Å². The van der Waals surface area contributed by atoms with Crippen molar-refractivity contribution in [3.8, 4) is 11.3 Å².